The van der Waals surface area contributed by atoms with Crippen molar-refractivity contribution in [1.82, 2.24) is 14.8 Å². The molecule has 0 bridgehead atoms. The van der Waals surface area contributed by atoms with E-state index in [1.165, 1.54) is 37.4 Å². The largest absolute Gasteiger partial charge is 0.469 e. The van der Waals surface area contributed by atoms with Gasteiger partial charge in [-0.05, 0) is 24.3 Å². The number of aromatic nitrogens is 3. The van der Waals surface area contributed by atoms with Crippen LogP contribution >= 0.6 is 11.3 Å². The zero-order chi connectivity index (χ0) is 22.4. The van der Waals surface area contributed by atoms with E-state index >= 15 is 0 Å². The average molecular weight is 465 g/mol. The summed E-state index contributed by atoms with van der Waals surface area (Å²) in [5.74, 6) is -1.07. The Bertz CT molecular complexity index is 1140. The predicted octanol–water partition coefficient (Wildman–Crippen LogP) is 2.47. The van der Waals surface area contributed by atoms with Crippen molar-refractivity contribution in [2.75, 3.05) is 18.9 Å². The summed E-state index contributed by atoms with van der Waals surface area (Å²) in [4.78, 5) is 28.3. The Balaban J connectivity index is 1.77. The van der Waals surface area contributed by atoms with Crippen LogP contribution in [-0.2, 0) is 29.1 Å². The molecule has 0 radical (unpaired) electrons. The smallest absolute Gasteiger partial charge is 0.307 e. The number of hydrogen-bond donors (Lipinski definition) is 1. The second-order valence-electron chi connectivity index (χ2n) is 6.36. The molecule has 0 fully saturated rings. The number of nitrogens with one attached hydrogen (secondary N) is 1. The topological polar surface area (TPSA) is 129 Å². The van der Waals surface area contributed by atoms with E-state index in [1.807, 2.05) is 6.07 Å². The van der Waals surface area contributed by atoms with Crippen molar-refractivity contribution in [1.29, 1.82) is 0 Å². The van der Waals surface area contributed by atoms with Crippen LogP contribution in [0.2, 0.25) is 0 Å². The van der Waals surface area contributed by atoms with Crippen LogP contribution in [0.1, 0.15) is 18.9 Å². The molecule has 3 heterocycles. The number of thiophene rings is 1. The van der Waals surface area contributed by atoms with E-state index in [0.717, 1.165) is 11.3 Å². The van der Waals surface area contributed by atoms with Crippen molar-refractivity contribution in [2.45, 2.75) is 23.1 Å². The molecule has 31 heavy (non-hydrogen) atoms. The molecule has 0 aliphatic heterocycles. The summed E-state index contributed by atoms with van der Waals surface area (Å²) in [6, 6.07) is 7.90. The number of nitrogens with zero attached hydrogens (tertiary/aromatic N) is 3. The molecular weight excluding hydrogens is 444 g/mol. The molecule has 0 saturated heterocycles. The van der Waals surface area contributed by atoms with Gasteiger partial charge >= 0.3 is 11.9 Å². The number of sulfonamides is 1. The lowest BCUT2D eigenvalue weighted by Crippen LogP contribution is -2.19. The first kappa shape index (κ1) is 22.4. The Labute approximate surface area is 182 Å². The second-order valence-corrected chi connectivity index (χ2v) is 9.36. The van der Waals surface area contributed by atoms with Crippen LogP contribution in [-0.4, -0.2) is 49.3 Å². The SMILES string of the molecule is COC(=O)CC(CC(=O)OC)n1cc(NS(=O)(=O)c2ccc(-c3ccccn3)s2)cn1. The number of pyridine rings is 1. The Morgan fingerprint density at radius 1 is 1.13 bits per heavy atom. The molecule has 0 aliphatic carbocycles. The fourth-order valence-corrected chi connectivity index (χ4v) is 5.03. The Morgan fingerprint density at radius 3 is 2.45 bits per heavy atom. The molecule has 0 saturated carbocycles. The van der Waals surface area contributed by atoms with Gasteiger partial charge < -0.3 is 9.47 Å². The number of carbonyl (C=O) groups is 2. The zero-order valence-electron chi connectivity index (χ0n) is 16.7. The fraction of sp³-hybridized carbons (Fsp3) is 0.263. The highest BCUT2D eigenvalue weighted by Crippen LogP contribution is 2.30. The maximum atomic E-state index is 12.8. The summed E-state index contributed by atoms with van der Waals surface area (Å²) in [5.41, 5.74) is 0.864. The number of methoxy groups -OCH3 is 2. The summed E-state index contributed by atoms with van der Waals surface area (Å²) in [7, 11) is -1.39. The van der Waals surface area contributed by atoms with Gasteiger partial charge in [0, 0.05) is 12.4 Å². The van der Waals surface area contributed by atoms with Gasteiger partial charge in [-0.25, -0.2) is 8.42 Å². The average Bonchev–Trinajstić information content (AvgIpc) is 3.43. The highest BCUT2D eigenvalue weighted by atomic mass is 32.2. The molecule has 164 valence electrons. The van der Waals surface area contributed by atoms with Gasteiger partial charge in [0.1, 0.15) is 4.21 Å². The predicted molar refractivity (Wildman–Crippen MR) is 113 cm³/mol. The van der Waals surface area contributed by atoms with Gasteiger partial charge in [-0.2, -0.15) is 5.10 Å². The molecule has 3 aromatic rings. The second kappa shape index (κ2) is 9.71. The normalized spacial score (nSPS) is 11.3. The number of hydrogen-bond acceptors (Lipinski definition) is 9. The molecular formula is C19H20N4O6S2. The van der Waals surface area contributed by atoms with Gasteiger partial charge in [-0.1, -0.05) is 6.07 Å². The molecule has 3 rings (SSSR count). The van der Waals surface area contributed by atoms with Crippen molar-refractivity contribution in [3.05, 3.63) is 48.9 Å². The third kappa shape index (κ3) is 5.67. The van der Waals surface area contributed by atoms with E-state index in [4.69, 9.17) is 0 Å². The first-order valence-electron chi connectivity index (χ1n) is 9.04. The van der Waals surface area contributed by atoms with E-state index in [-0.39, 0.29) is 22.7 Å². The third-order valence-corrected chi connectivity index (χ3v) is 7.23. The van der Waals surface area contributed by atoms with Gasteiger partial charge in [0.15, 0.2) is 0 Å². The fourth-order valence-electron chi connectivity index (χ4n) is 2.72. The number of rotatable bonds is 9. The molecule has 12 heteroatoms. The summed E-state index contributed by atoms with van der Waals surface area (Å²) >= 11 is 1.09. The van der Waals surface area contributed by atoms with Gasteiger partial charge in [0.2, 0.25) is 0 Å². The standard InChI is InChI=1S/C19H20N4O6S2/c1-28-17(24)9-14(10-18(25)29-2)23-12-13(11-21-23)22-31(26,27)19-7-6-16(30-19)15-5-3-4-8-20-15/h3-8,11-12,14,22H,9-10H2,1-2H3. The molecule has 0 atom stereocenters. The first-order valence-corrected chi connectivity index (χ1v) is 11.3. The highest BCUT2D eigenvalue weighted by Gasteiger charge is 2.23. The van der Waals surface area contributed by atoms with Gasteiger partial charge in [0.25, 0.3) is 10.0 Å². The zero-order valence-corrected chi connectivity index (χ0v) is 18.4. The monoisotopic (exact) mass is 464 g/mol. The maximum absolute atomic E-state index is 12.8. The van der Waals surface area contributed by atoms with Crippen molar-refractivity contribution >= 4 is 39.0 Å². The van der Waals surface area contributed by atoms with Gasteiger partial charge in [0.05, 0.1) is 55.6 Å². The van der Waals surface area contributed by atoms with Crippen molar-refractivity contribution in [2.24, 2.45) is 0 Å². The summed E-state index contributed by atoms with van der Waals surface area (Å²) in [5, 5.41) is 4.09. The van der Waals surface area contributed by atoms with Gasteiger partial charge in [-0.15, -0.1) is 11.3 Å². The van der Waals surface area contributed by atoms with E-state index < -0.39 is 28.0 Å². The number of carbonyl (C=O) groups excluding carboxylic acids is 2. The number of esters is 2. The Morgan fingerprint density at radius 2 is 1.84 bits per heavy atom. The van der Waals surface area contributed by atoms with Crippen molar-refractivity contribution in [3.63, 3.8) is 0 Å². The summed E-state index contributed by atoms with van der Waals surface area (Å²) < 4.78 is 38.7. The van der Waals surface area contributed by atoms with Crippen LogP contribution in [0, 0.1) is 0 Å². The van der Waals surface area contributed by atoms with Crippen LogP contribution in [0.15, 0.2) is 53.1 Å². The number of ether oxygens (including phenoxy) is 2. The molecule has 0 spiro atoms. The molecule has 0 amide bonds. The highest BCUT2D eigenvalue weighted by molar-refractivity contribution is 7.94. The molecule has 10 nitrogen and oxygen atoms in total. The minimum absolute atomic E-state index is 0.113. The van der Waals surface area contributed by atoms with Crippen LogP contribution in [0.25, 0.3) is 10.6 Å². The van der Waals surface area contributed by atoms with Crippen LogP contribution in [0.3, 0.4) is 0 Å². The first-order chi connectivity index (χ1) is 14.8. The minimum atomic E-state index is -3.86. The van der Waals surface area contributed by atoms with Crippen LogP contribution < -0.4 is 4.72 Å². The van der Waals surface area contributed by atoms with E-state index in [9.17, 15) is 18.0 Å². The lowest BCUT2D eigenvalue weighted by atomic mass is 10.1. The molecule has 1 N–H and O–H groups in total. The Hall–Kier alpha value is -3.25. The summed E-state index contributed by atoms with van der Waals surface area (Å²) in [6.07, 6.45) is 4.08. The number of anilines is 1. The van der Waals surface area contributed by atoms with E-state index in [0.29, 0.717) is 10.6 Å². The molecule has 3 aromatic heterocycles. The van der Waals surface area contributed by atoms with Gasteiger partial charge in [-0.3, -0.25) is 24.0 Å². The van der Waals surface area contributed by atoms with E-state index in [2.05, 4.69) is 24.3 Å². The summed E-state index contributed by atoms with van der Waals surface area (Å²) in [6.45, 7) is 0. The molecule has 0 aromatic carbocycles. The minimum Gasteiger partial charge on any atom is -0.469 e. The van der Waals surface area contributed by atoms with Crippen molar-refractivity contribution in [3.8, 4) is 10.6 Å². The van der Waals surface area contributed by atoms with E-state index in [1.54, 1.807) is 24.4 Å². The lowest BCUT2D eigenvalue weighted by Gasteiger charge is -2.15. The van der Waals surface area contributed by atoms with Crippen LogP contribution in [0.5, 0.6) is 0 Å². The molecule has 0 aliphatic rings. The maximum Gasteiger partial charge on any atom is 0.307 e. The molecule has 0 unspecified atom stereocenters. The van der Waals surface area contributed by atoms with Crippen LogP contribution in [0.4, 0.5) is 5.69 Å². The quantitative estimate of drug-likeness (QED) is 0.478. The third-order valence-electron chi connectivity index (χ3n) is 4.25. The Kier molecular flexibility index (Phi) is 7.02. The van der Waals surface area contributed by atoms with Crippen molar-refractivity contribution < 1.29 is 27.5 Å². The lowest BCUT2D eigenvalue weighted by molar-refractivity contribution is -0.144.